The van der Waals surface area contributed by atoms with Gasteiger partial charge in [-0.15, -0.1) is 0 Å². The fourth-order valence-corrected chi connectivity index (χ4v) is 1.98. The number of aliphatic hydroxyl groups is 1. The molecule has 0 radical (unpaired) electrons. The first-order chi connectivity index (χ1) is 8.08. The average molecular weight is 246 g/mol. The number of hydrogen-bond donors (Lipinski definition) is 2. The van der Waals surface area contributed by atoms with Crippen LogP contribution in [0.3, 0.4) is 0 Å². The second-order valence-electron chi connectivity index (χ2n) is 4.09. The van der Waals surface area contributed by atoms with E-state index in [9.17, 15) is 14.7 Å². The molecule has 0 aromatic carbocycles. The molecular formula is C10H14O7. The number of aliphatic hydroxyl groups excluding tert-OH is 1. The van der Waals surface area contributed by atoms with Crippen molar-refractivity contribution in [3.8, 4) is 0 Å². The van der Waals surface area contributed by atoms with Gasteiger partial charge in [-0.1, -0.05) is 0 Å². The second kappa shape index (κ2) is 4.99. The van der Waals surface area contributed by atoms with Crippen molar-refractivity contribution in [2.24, 2.45) is 0 Å². The number of carboxylic acids is 1. The number of rotatable bonds is 4. The summed E-state index contributed by atoms with van der Waals surface area (Å²) in [4.78, 5) is 21.6. The fraction of sp³-hybridized carbons (Fsp3) is 0.800. The topological polar surface area (TPSA) is 102 Å². The molecule has 0 unspecified atom stereocenters. The molecule has 7 nitrogen and oxygen atoms in total. The normalized spacial score (nSPS) is 35.6. The average Bonchev–Trinajstić information content (AvgIpc) is 2.81. The highest BCUT2D eigenvalue weighted by Gasteiger charge is 2.48. The first-order valence-electron chi connectivity index (χ1n) is 5.40. The van der Waals surface area contributed by atoms with Crippen LogP contribution in [0.15, 0.2) is 0 Å². The predicted octanol–water partition coefficient (Wildman–Crippen LogP) is -1.08. The third-order valence-corrected chi connectivity index (χ3v) is 2.81. The minimum Gasteiger partial charge on any atom is -0.481 e. The van der Waals surface area contributed by atoms with Gasteiger partial charge in [0.1, 0.15) is 18.3 Å². The Morgan fingerprint density at radius 2 is 1.88 bits per heavy atom. The number of carbonyl (C=O) groups excluding carboxylic acids is 1. The lowest BCUT2D eigenvalue weighted by Crippen LogP contribution is -2.34. The van der Waals surface area contributed by atoms with Crippen molar-refractivity contribution in [2.75, 3.05) is 13.2 Å². The molecule has 0 spiro atoms. The standard InChI is InChI=1S/C10H14O7/c11-5-3-15-10-6(4-16-9(5)10)17-8(14)2-1-7(12)13/h5-6,9-11H,1-4H2,(H,12,13)/t5-,6+,9+,10+/m0/s1. The van der Waals surface area contributed by atoms with Gasteiger partial charge >= 0.3 is 11.9 Å². The summed E-state index contributed by atoms with van der Waals surface area (Å²) in [6.45, 7) is 0.337. The maximum atomic E-state index is 11.3. The molecule has 0 aliphatic carbocycles. The molecule has 2 saturated heterocycles. The van der Waals surface area contributed by atoms with Gasteiger partial charge in [0.05, 0.1) is 26.1 Å². The highest BCUT2D eigenvalue weighted by molar-refractivity contribution is 5.76. The van der Waals surface area contributed by atoms with Gasteiger partial charge < -0.3 is 24.4 Å². The van der Waals surface area contributed by atoms with Crippen molar-refractivity contribution in [3.05, 3.63) is 0 Å². The predicted molar refractivity (Wildman–Crippen MR) is 52.2 cm³/mol. The van der Waals surface area contributed by atoms with Crippen LogP contribution in [0.2, 0.25) is 0 Å². The van der Waals surface area contributed by atoms with Crippen LogP contribution in [0.25, 0.3) is 0 Å². The smallest absolute Gasteiger partial charge is 0.306 e. The highest BCUT2D eigenvalue weighted by Crippen LogP contribution is 2.28. The largest absolute Gasteiger partial charge is 0.481 e. The van der Waals surface area contributed by atoms with Crippen molar-refractivity contribution < 1.29 is 34.0 Å². The van der Waals surface area contributed by atoms with Crippen LogP contribution in [-0.2, 0) is 23.8 Å². The molecular weight excluding hydrogens is 232 g/mol. The van der Waals surface area contributed by atoms with Crippen molar-refractivity contribution >= 4 is 11.9 Å². The van der Waals surface area contributed by atoms with Gasteiger partial charge in [-0.05, 0) is 0 Å². The van der Waals surface area contributed by atoms with Gasteiger partial charge in [-0.2, -0.15) is 0 Å². The third kappa shape index (κ3) is 2.74. The first kappa shape index (κ1) is 12.3. The Bertz CT molecular complexity index is 316. The lowest BCUT2D eigenvalue weighted by atomic mass is 10.1. The third-order valence-electron chi connectivity index (χ3n) is 2.81. The number of fused-ring (bicyclic) bond motifs is 1. The summed E-state index contributed by atoms with van der Waals surface area (Å²) >= 11 is 0. The monoisotopic (exact) mass is 246 g/mol. The molecule has 2 N–H and O–H groups in total. The van der Waals surface area contributed by atoms with Crippen LogP contribution in [0.5, 0.6) is 0 Å². The highest BCUT2D eigenvalue weighted by atomic mass is 16.6. The van der Waals surface area contributed by atoms with Gasteiger partial charge in [-0.3, -0.25) is 9.59 Å². The zero-order chi connectivity index (χ0) is 12.4. The maximum Gasteiger partial charge on any atom is 0.306 e. The Kier molecular flexibility index (Phi) is 3.60. The van der Waals surface area contributed by atoms with E-state index >= 15 is 0 Å². The van der Waals surface area contributed by atoms with Crippen molar-refractivity contribution in [2.45, 2.75) is 37.3 Å². The molecule has 7 heteroatoms. The van der Waals surface area contributed by atoms with Gasteiger partial charge in [0.15, 0.2) is 6.10 Å². The molecule has 0 saturated carbocycles. The molecule has 0 aromatic heterocycles. The van der Waals surface area contributed by atoms with E-state index in [4.69, 9.17) is 19.3 Å². The van der Waals surface area contributed by atoms with Crippen molar-refractivity contribution in [1.82, 2.24) is 0 Å². The lowest BCUT2D eigenvalue weighted by molar-refractivity contribution is -0.156. The number of aliphatic carboxylic acids is 1. The number of esters is 1. The number of carboxylic acid groups (broad SMARTS) is 1. The fourth-order valence-electron chi connectivity index (χ4n) is 1.98. The Morgan fingerprint density at radius 3 is 2.59 bits per heavy atom. The minimum atomic E-state index is -1.05. The van der Waals surface area contributed by atoms with E-state index in [-0.39, 0.29) is 26.1 Å². The molecule has 0 amide bonds. The van der Waals surface area contributed by atoms with E-state index in [2.05, 4.69) is 0 Å². The summed E-state index contributed by atoms with van der Waals surface area (Å²) in [6.07, 6.45) is -2.58. The maximum absolute atomic E-state index is 11.3. The summed E-state index contributed by atoms with van der Waals surface area (Å²) in [5.41, 5.74) is 0. The van der Waals surface area contributed by atoms with Crippen LogP contribution < -0.4 is 0 Å². The zero-order valence-corrected chi connectivity index (χ0v) is 9.07. The summed E-state index contributed by atoms with van der Waals surface area (Å²) in [6, 6.07) is 0. The van der Waals surface area contributed by atoms with Crippen LogP contribution in [-0.4, -0.2) is 59.8 Å². The molecule has 0 bridgehead atoms. The van der Waals surface area contributed by atoms with Crippen LogP contribution >= 0.6 is 0 Å². The Hall–Kier alpha value is -1.18. The van der Waals surface area contributed by atoms with Gasteiger partial charge in [0.2, 0.25) is 0 Å². The van der Waals surface area contributed by atoms with Crippen molar-refractivity contribution in [1.29, 1.82) is 0 Å². The Balaban J connectivity index is 1.80. The molecule has 2 aliphatic rings. The van der Waals surface area contributed by atoms with Crippen molar-refractivity contribution in [3.63, 3.8) is 0 Å². The van der Waals surface area contributed by atoms with Gasteiger partial charge in [0, 0.05) is 0 Å². The van der Waals surface area contributed by atoms with Crippen LogP contribution in [0, 0.1) is 0 Å². The molecule has 2 rings (SSSR count). The summed E-state index contributed by atoms with van der Waals surface area (Å²) in [7, 11) is 0. The van der Waals surface area contributed by atoms with Crippen LogP contribution in [0.1, 0.15) is 12.8 Å². The van der Waals surface area contributed by atoms with E-state index in [0.717, 1.165) is 0 Å². The quantitative estimate of drug-likeness (QED) is 0.608. The second-order valence-corrected chi connectivity index (χ2v) is 4.09. The van der Waals surface area contributed by atoms with Crippen LogP contribution in [0.4, 0.5) is 0 Å². The molecule has 2 aliphatic heterocycles. The number of hydrogen-bond acceptors (Lipinski definition) is 6. The van der Waals surface area contributed by atoms with E-state index < -0.39 is 36.4 Å². The number of carbonyl (C=O) groups is 2. The molecule has 0 aromatic rings. The summed E-state index contributed by atoms with van der Waals surface area (Å²) in [5, 5.41) is 17.9. The number of ether oxygens (including phenoxy) is 3. The molecule has 2 heterocycles. The minimum absolute atomic E-state index is 0.165. The SMILES string of the molecule is O=C(O)CCC(=O)O[C@@H]1CO[C@H]2[C@@H]1OC[C@@H]2O. The lowest BCUT2D eigenvalue weighted by Gasteiger charge is -2.16. The van der Waals surface area contributed by atoms with E-state index in [1.165, 1.54) is 0 Å². The van der Waals surface area contributed by atoms with E-state index in [1.54, 1.807) is 0 Å². The first-order valence-corrected chi connectivity index (χ1v) is 5.40. The summed E-state index contributed by atoms with van der Waals surface area (Å²) < 4.78 is 15.6. The Labute approximate surface area is 97.3 Å². The van der Waals surface area contributed by atoms with E-state index in [1.807, 2.05) is 0 Å². The molecule has 96 valence electrons. The van der Waals surface area contributed by atoms with Gasteiger partial charge in [-0.25, -0.2) is 0 Å². The zero-order valence-electron chi connectivity index (χ0n) is 9.07. The van der Waals surface area contributed by atoms with E-state index in [0.29, 0.717) is 0 Å². The Morgan fingerprint density at radius 1 is 1.18 bits per heavy atom. The molecule has 4 atom stereocenters. The van der Waals surface area contributed by atoms with Gasteiger partial charge in [0.25, 0.3) is 0 Å². The summed E-state index contributed by atoms with van der Waals surface area (Å²) in [5.74, 6) is -1.64. The molecule has 17 heavy (non-hydrogen) atoms. The molecule has 2 fully saturated rings.